The Morgan fingerprint density at radius 2 is 0.643 bits per heavy atom. The number of unbranched alkanes of at least 4 members (excludes halogenated alkanes) is 12. The van der Waals surface area contributed by atoms with E-state index in [0.717, 1.165) is 13.1 Å². The van der Waals surface area contributed by atoms with Crippen LogP contribution in [0.5, 0.6) is 0 Å². The Morgan fingerprint density at radius 3 is 0.929 bits per heavy atom. The van der Waals surface area contributed by atoms with Crippen molar-refractivity contribution >= 4 is 0 Å². The van der Waals surface area contributed by atoms with Crippen LogP contribution in [0.4, 0.5) is 0 Å². The van der Waals surface area contributed by atoms with Crippen LogP contribution < -0.4 is 29.6 Å². The molecule has 0 aromatic carbocycles. The van der Waals surface area contributed by atoms with Crippen LogP contribution in [0.15, 0.2) is 0 Å². The topological polar surface area (TPSA) is 14.1 Å². The summed E-state index contributed by atoms with van der Waals surface area (Å²) in [6.45, 7) is 16.3. The van der Waals surface area contributed by atoms with Gasteiger partial charge in [-0.2, -0.15) is 0 Å². The third-order valence-corrected chi connectivity index (χ3v) is 5.49. The molecule has 0 bridgehead atoms. The molecule has 0 aliphatic heterocycles. The molecule has 0 aromatic rings. The molecular formula is C26H54NNa. The van der Waals surface area contributed by atoms with Crippen molar-refractivity contribution in [1.29, 1.82) is 0 Å². The number of nitrogens with zero attached hydrogens (tertiary/aromatic N) is 1. The van der Waals surface area contributed by atoms with Crippen LogP contribution >= 0.6 is 0 Å². The smallest absolute Gasteiger partial charge is 0.662 e. The maximum Gasteiger partial charge on any atom is 1.00 e. The maximum atomic E-state index is 4.72. The van der Waals surface area contributed by atoms with Crippen molar-refractivity contribution in [2.75, 3.05) is 13.1 Å². The van der Waals surface area contributed by atoms with Crippen LogP contribution in [-0.4, -0.2) is 13.1 Å². The molecule has 0 aliphatic rings. The summed E-state index contributed by atoms with van der Waals surface area (Å²) in [5.74, 6) is 0. The van der Waals surface area contributed by atoms with E-state index in [-0.39, 0.29) is 29.6 Å². The van der Waals surface area contributed by atoms with Crippen LogP contribution in [0.2, 0.25) is 0 Å². The monoisotopic (exact) mass is 403 g/mol. The van der Waals surface area contributed by atoms with Crippen molar-refractivity contribution < 1.29 is 29.6 Å². The summed E-state index contributed by atoms with van der Waals surface area (Å²) < 4.78 is 0. The predicted octanol–water partition coefficient (Wildman–Crippen LogP) is 6.70. The van der Waals surface area contributed by atoms with Crippen molar-refractivity contribution in [3.63, 3.8) is 0 Å². The van der Waals surface area contributed by atoms with Crippen molar-refractivity contribution in [3.05, 3.63) is 5.32 Å². The van der Waals surface area contributed by atoms with Gasteiger partial charge in [-0.1, -0.05) is 131 Å². The third kappa shape index (κ3) is 29.2. The number of hydrogen-bond donors (Lipinski definition) is 0. The molecule has 0 aromatic heterocycles. The second-order valence-electron chi connectivity index (χ2n) is 11.2. The molecule has 0 aliphatic carbocycles. The molecule has 164 valence electrons. The SMILES string of the molecule is CC(C)(C)CCCCCCCCC[N-]CCCCCCCCCC(C)(C)C.[Na+]. The summed E-state index contributed by atoms with van der Waals surface area (Å²) in [6, 6.07) is 0. The van der Waals surface area contributed by atoms with E-state index in [1.54, 1.807) is 0 Å². The standard InChI is InChI=1S/C26H54N.Na/c1-25(2,3)21-17-13-9-7-11-15-19-23-27-24-20-16-12-8-10-14-18-22-26(4,5)6;/h7-24H2,1-6H3;/q-1;+1. The summed E-state index contributed by atoms with van der Waals surface area (Å²) in [4.78, 5) is 0. The molecule has 0 amide bonds. The molecular weight excluding hydrogens is 349 g/mol. The summed E-state index contributed by atoms with van der Waals surface area (Å²) in [7, 11) is 0. The zero-order valence-electron chi connectivity index (χ0n) is 21.2. The minimum Gasteiger partial charge on any atom is -0.662 e. The van der Waals surface area contributed by atoms with E-state index in [4.69, 9.17) is 5.32 Å². The van der Waals surface area contributed by atoms with E-state index in [1.165, 1.54) is 103 Å². The molecule has 0 radical (unpaired) electrons. The van der Waals surface area contributed by atoms with E-state index >= 15 is 0 Å². The first-order valence-corrected chi connectivity index (χ1v) is 12.3. The average Bonchev–Trinajstić information content (AvgIpc) is 2.55. The molecule has 0 N–H and O–H groups in total. The van der Waals surface area contributed by atoms with Crippen molar-refractivity contribution in [2.45, 2.75) is 144 Å². The van der Waals surface area contributed by atoms with Crippen LogP contribution in [-0.2, 0) is 0 Å². The summed E-state index contributed by atoms with van der Waals surface area (Å²) in [6.07, 6.45) is 22.4. The predicted molar refractivity (Wildman–Crippen MR) is 126 cm³/mol. The molecule has 0 spiro atoms. The van der Waals surface area contributed by atoms with Gasteiger partial charge in [-0.05, 0) is 23.7 Å². The molecule has 28 heavy (non-hydrogen) atoms. The van der Waals surface area contributed by atoms with Gasteiger partial charge < -0.3 is 5.32 Å². The second-order valence-corrected chi connectivity index (χ2v) is 11.2. The van der Waals surface area contributed by atoms with Crippen molar-refractivity contribution in [2.24, 2.45) is 10.8 Å². The second kappa shape index (κ2) is 19.9. The van der Waals surface area contributed by atoms with Crippen LogP contribution in [0.3, 0.4) is 0 Å². The van der Waals surface area contributed by atoms with Gasteiger partial charge in [-0.3, -0.25) is 0 Å². The Hall–Kier alpha value is 0.960. The minimum atomic E-state index is 0. The van der Waals surface area contributed by atoms with Gasteiger partial charge in [-0.25, -0.2) is 0 Å². The Morgan fingerprint density at radius 1 is 0.393 bits per heavy atom. The Bertz CT molecular complexity index is 271. The summed E-state index contributed by atoms with van der Waals surface area (Å²) in [5, 5.41) is 4.72. The maximum absolute atomic E-state index is 4.72. The van der Waals surface area contributed by atoms with Crippen LogP contribution in [0.1, 0.15) is 144 Å². The van der Waals surface area contributed by atoms with Gasteiger partial charge in [0.2, 0.25) is 0 Å². The first kappa shape index (κ1) is 31.1. The minimum absolute atomic E-state index is 0. The molecule has 0 fully saturated rings. The van der Waals surface area contributed by atoms with Crippen LogP contribution in [0.25, 0.3) is 5.32 Å². The first-order chi connectivity index (χ1) is 12.7. The fourth-order valence-electron chi connectivity index (χ4n) is 3.64. The van der Waals surface area contributed by atoms with Crippen molar-refractivity contribution in [3.8, 4) is 0 Å². The average molecular weight is 404 g/mol. The largest absolute Gasteiger partial charge is 1.00 e. The molecule has 0 unspecified atom stereocenters. The van der Waals surface area contributed by atoms with E-state index in [2.05, 4.69) is 41.5 Å². The molecule has 0 saturated carbocycles. The number of rotatable bonds is 18. The molecule has 0 saturated heterocycles. The van der Waals surface area contributed by atoms with Gasteiger partial charge in [0.05, 0.1) is 0 Å². The molecule has 0 rings (SSSR count). The van der Waals surface area contributed by atoms with E-state index in [1.807, 2.05) is 0 Å². The molecule has 0 atom stereocenters. The normalized spacial score (nSPS) is 12.2. The zero-order chi connectivity index (χ0) is 20.4. The van der Waals surface area contributed by atoms with Gasteiger partial charge in [0.1, 0.15) is 0 Å². The molecule has 0 heterocycles. The zero-order valence-corrected chi connectivity index (χ0v) is 23.2. The van der Waals surface area contributed by atoms with Crippen molar-refractivity contribution in [1.82, 2.24) is 0 Å². The fraction of sp³-hybridized carbons (Fsp3) is 1.00. The summed E-state index contributed by atoms with van der Waals surface area (Å²) in [5.41, 5.74) is 1.04. The van der Waals surface area contributed by atoms with E-state index in [9.17, 15) is 0 Å². The molecule has 1 nitrogen and oxygen atoms in total. The van der Waals surface area contributed by atoms with Gasteiger partial charge in [0.25, 0.3) is 0 Å². The van der Waals surface area contributed by atoms with Gasteiger partial charge >= 0.3 is 29.6 Å². The first-order valence-electron chi connectivity index (χ1n) is 12.3. The Kier molecular flexibility index (Phi) is 22.1. The summed E-state index contributed by atoms with van der Waals surface area (Å²) >= 11 is 0. The van der Waals surface area contributed by atoms with E-state index in [0.29, 0.717) is 10.8 Å². The Balaban J connectivity index is 0. The van der Waals surface area contributed by atoms with Gasteiger partial charge in [0.15, 0.2) is 0 Å². The Labute approximate surface area is 202 Å². The molecule has 2 heteroatoms. The van der Waals surface area contributed by atoms with Crippen LogP contribution in [0, 0.1) is 10.8 Å². The van der Waals surface area contributed by atoms with Gasteiger partial charge in [-0.15, -0.1) is 13.1 Å². The van der Waals surface area contributed by atoms with E-state index < -0.39 is 0 Å². The van der Waals surface area contributed by atoms with Gasteiger partial charge in [0, 0.05) is 0 Å². The quantitative estimate of drug-likeness (QED) is 0.179. The number of hydrogen-bond acceptors (Lipinski definition) is 0. The fourth-order valence-corrected chi connectivity index (χ4v) is 3.64. The third-order valence-electron chi connectivity index (χ3n) is 5.49.